The molecule has 1 aliphatic carbocycles. The van der Waals surface area contributed by atoms with Crippen molar-refractivity contribution in [3.63, 3.8) is 0 Å². The lowest BCUT2D eigenvalue weighted by Crippen LogP contribution is -2.44. The van der Waals surface area contributed by atoms with Gasteiger partial charge in [-0.25, -0.2) is 9.78 Å². The minimum Gasteiger partial charge on any atom is -0.480 e. The lowest BCUT2D eigenvalue weighted by atomic mass is 9.93. The number of fused-ring (bicyclic) bond motifs is 1. The van der Waals surface area contributed by atoms with Gasteiger partial charge in [0.1, 0.15) is 6.04 Å². The molecule has 0 bridgehead atoms. The smallest absolute Gasteiger partial charge is 0.328 e. The highest BCUT2D eigenvalue weighted by atomic mass is 16.4. The third-order valence-corrected chi connectivity index (χ3v) is 7.04. The fraction of sp³-hybridized carbons (Fsp3) is 0.625. The van der Waals surface area contributed by atoms with Crippen molar-refractivity contribution in [3.05, 3.63) is 34.6 Å². The van der Waals surface area contributed by atoms with E-state index in [-0.39, 0.29) is 17.4 Å². The van der Waals surface area contributed by atoms with Crippen LogP contribution >= 0.6 is 0 Å². The Morgan fingerprint density at radius 1 is 1.03 bits per heavy atom. The lowest BCUT2D eigenvalue weighted by Gasteiger charge is -2.39. The zero-order valence-electron chi connectivity index (χ0n) is 18.6. The largest absolute Gasteiger partial charge is 0.480 e. The van der Waals surface area contributed by atoms with Crippen LogP contribution in [0.4, 0.5) is 5.82 Å². The van der Waals surface area contributed by atoms with Gasteiger partial charge in [-0.15, -0.1) is 0 Å². The molecule has 1 aromatic heterocycles. The zero-order chi connectivity index (χ0) is 22.5. The molecule has 1 unspecified atom stereocenters. The number of rotatable bonds is 6. The lowest BCUT2D eigenvalue weighted by molar-refractivity contribution is -0.138. The summed E-state index contributed by atoms with van der Waals surface area (Å²) in [5.41, 5.74) is 1.08. The monoisotopic (exact) mass is 442 g/mol. The summed E-state index contributed by atoms with van der Waals surface area (Å²) in [6.07, 6.45) is 11.0. The van der Waals surface area contributed by atoms with Gasteiger partial charge in [-0.3, -0.25) is 4.79 Å². The molecule has 3 N–H and O–H groups in total. The molecule has 2 heterocycles. The molecule has 4 rings (SSSR count). The predicted molar refractivity (Wildman–Crippen MR) is 124 cm³/mol. The molecule has 0 amide bonds. The molecule has 32 heavy (non-hydrogen) atoms. The number of hydrogen-bond acceptors (Lipinski definition) is 6. The molecule has 1 atom stereocenters. The van der Waals surface area contributed by atoms with Gasteiger partial charge in [0, 0.05) is 25.2 Å². The van der Waals surface area contributed by atoms with Gasteiger partial charge in [0.25, 0.3) is 5.56 Å². The SMILES string of the molecule is O=C(O)C(CO)Nc1nc2ccccc2n(C2CCN(C3CCCCCCC3)CC2)c1=O. The van der Waals surface area contributed by atoms with Crippen molar-refractivity contribution >= 4 is 22.8 Å². The van der Waals surface area contributed by atoms with E-state index < -0.39 is 18.6 Å². The van der Waals surface area contributed by atoms with Crippen LogP contribution in [0, 0.1) is 0 Å². The van der Waals surface area contributed by atoms with Gasteiger partial charge >= 0.3 is 5.97 Å². The van der Waals surface area contributed by atoms with E-state index in [0.717, 1.165) is 31.4 Å². The minimum absolute atomic E-state index is 0.0207. The summed E-state index contributed by atoms with van der Waals surface area (Å²) in [6, 6.07) is 6.89. The van der Waals surface area contributed by atoms with Crippen molar-refractivity contribution in [3.8, 4) is 0 Å². The number of likely N-dealkylation sites (tertiary alicyclic amines) is 1. The first-order valence-electron chi connectivity index (χ1n) is 11.9. The number of benzene rings is 1. The zero-order valence-corrected chi connectivity index (χ0v) is 18.6. The molecule has 1 aliphatic heterocycles. The summed E-state index contributed by atoms with van der Waals surface area (Å²) in [6.45, 7) is 1.31. The Morgan fingerprint density at radius 3 is 2.34 bits per heavy atom. The molecular formula is C24H34N4O4. The maximum Gasteiger partial charge on any atom is 0.328 e. The number of aliphatic carboxylic acids is 1. The van der Waals surface area contributed by atoms with Crippen LogP contribution in [0.5, 0.6) is 0 Å². The summed E-state index contributed by atoms with van der Waals surface area (Å²) >= 11 is 0. The molecule has 2 aromatic rings. The Hall–Kier alpha value is -2.45. The summed E-state index contributed by atoms with van der Waals surface area (Å²) in [7, 11) is 0. The van der Waals surface area contributed by atoms with Gasteiger partial charge < -0.3 is 25.0 Å². The van der Waals surface area contributed by atoms with Crippen molar-refractivity contribution in [1.82, 2.24) is 14.5 Å². The maximum atomic E-state index is 13.4. The highest BCUT2D eigenvalue weighted by molar-refractivity contribution is 5.79. The van der Waals surface area contributed by atoms with Gasteiger partial charge in [0.2, 0.25) is 0 Å². The molecule has 2 aliphatic rings. The number of aliphatic hydroxyl groups is 1. The van der Waals surface area contributed by atoms with Gasteiger partial charge in [-0.1, -0.05) is 44.2 Å². The number of aliphatic hydroxyl groups excluding tert-OH is 1. The quantitative estimate of drug-likeness (QED) is 0.631. The van der Waals surface area contributed by atoms with E-state index in [0.29, 0.717) is 11.6 Å². The average Bonchev–Trinajstić information content (AvgIpc) is 2.77. The van der Waals surface area contributed by atoms with Crippen LogP contribution in [0.1, 0.15) is 63.8 Å². The van der Waals surface area contributed by atoms with Gasteiger partial charge in [0.15, 0.2) is 5.82 Å². The number of nitrogens with zero attached hydrogens (tertiary/aromatic N) is 3. The Balaban J connectivity index is 1.58. The number of nitrogens with one attached hydrogen (secondary N) is 1. The van der Waals surface area contributed by atoms with Gasteiger partial charge in [-0.05, 0) is 37.8 Å². The molecule has 1 saturated heterocycles. The van der Waals surface area contributed by atoms with Crippen molar-refractivity contribution in [1.29, 1.82) is 0 Å². The van der Waals surface area contributed by atoms with E-state index in [1.807, 2.05) is 24.3 Å². The van der Waals surface area contributed by atoms with Crippen LogP contribution in [0.2, 0.25) is 0 Å². The first-order valence-corrected chi connectivity index (χ1v) is 11.9. The molecule has 0 spiro atoms. The summed E-state index contributed by atoms with van der Waals surface area (Å²) in [5.74, 6) is -1.24. The van der Waals surface area contributed by atoms with E-state index >= 15 is 0 Å². The first-order chi connectivity index (χ1) is 15.6. The van der Waals surface area contributed by atoms with E-state index in [2.05, 4.69) is 15.2 Å². The number of aromatic nitrogens is 2. The van der Waals surface area contributed by atoms with Crippen molar-refractivity contribution in [2.75, 3.05) is 25.0 Å². The molecule has 8 heteroatoms. The first kappa shape index (κ1) is 22.7. The summed E-state index contributed by atoms with van der Waals surface area (Å²) in [5, 5.41) is 21.3. The van der Waals surface area contributed by atoms with E-state index in [4.69, 9.17) is 0 Å². The van der Waals surface area contributed by atoms with Crippen LogP contribution in [0.3, 0.4) is 0 Å². The van der Waals surface area contributed by atoms with E-state index in [9.17, 15) is 19.8 Å². The predicted octanol–water partition coefficient (Wildman–Crippen LogP) is 3.00. The Labute approximate surface area is 188 Å². The summed E-state index contributed by atoms with van der Waals surface area (Å²) in [4.78, 5) is 31.7. The van der Waals surface area contributed by atoms with Crippen LogP contribution < -0.4 is 10.9 Å². The molecule has 8 nitrogen and oxygen atoms in total. The number of carboxylic acid groups (broad SMARTS) is 1. The third kappa shape index (κ3) is 4.96. The van der Waals surface area contributed by atoms with Gasteiger partial charge in [-0.2, -0.15) is 0 Å². The molecule has 0 radical (unpaired) electrons. The second kappa shape index (κ2) is 10.4. The van der Waals surface area contributed by atoms with Crippen LogP contribution in [-0.2, 0) is 4.79 Å². The number of carbonyl (C=O) groups is 1. The Kier molecular flexibility index (Phi) is 7.42. The molecule has 1 aromatic carbocycles. The number of anilines is 1. The van der Waals surface area contributed by atoms with E-state index in [1.165, 1.54) is 44.9 Å². The molecule has 1 saturated carbocycles. The molecular weight excluding hydrogens is 408 g/mol. The molecule has 2 fully saturated rings. The van der Waals surface area contributed by atoms with Crippen molar-refractivity contribution in [2.45, 2.75) is 75.9 Å². The second-order valence-corrected chi connectivity index (χ2v) is 9.11. The van der Waals surface area contributed by atoms with Crippen LogP contribution in [0.15, 0.2) is 29.1 Å². The highest BCUT2D eigenvalue weighted by Gasteiger charge is 2.28. The fourth-order valence-corrected chi connectivity index (χ4v) is 5.27. The standard InChI is InChI=1S/C24H34N4O4/c29-16-20(24(31)32)26-22-23(30)28(21-11-7-6-10-19(21)25-22)18-12-14-27(15-13-18)17-8-4-2-1-3-5-9-17/h6-7,10-11,17-18,20,29H,1-5,8-9,12-16H2,(H,25,26)(H,31,32). The maximum absolute atomic E-state index is 13.4. The fourth-order valence-electron chi connectivity index (χ4n) is 5.27. The molecule has 174 valence electrons. The number of carboxylic acids is 1. The average molecular weight is 443 g/mol. The highest BCUT2D eigenvalue weighted by Crippen LogP contribution is 2.29. The normalized spacial score (nSPS) is 20.5. The van der Waals surface area contributed by atoms with Gasteiger partial charge in [0.05, 0.1) is 17.6 Å². The number of piperidine rings is 1. The Morgan fingerprint density at radius 2 is 1.69 bits per heavy atom. The Bertz CT molecular complexity index is 976. The van der Waals surface area contributed by atoms with Crippen LogP contribution in [-0.4, -0.2) is 62.4 Å². The van der Waals surface area contributed by atoms with Crippen molar-refractivity contribution < 1.29 is 15.0 Å². The number of para-hydroxylation sites is 2. The minimum atomic E-state index is -1.27. The second-order valence-electron chi connectivity index (χ2n) is 9.11. The van der Waals surface area contributed by atoms with E-state index in [1.54, 1.807) is 4.57 Å². The van der Waals surface area contributed by atoms with Crippen molar-refractivity contribution in [2.24, 2.45) is 0 Å². The summed E-state index contributed by atoms with van der Waals surface area (Å²) < 4.78 is 1.79. The topological polar surface area (TPSA) is 108 Å². The van der Waals surface area contributed by atoms with Crippen LogP contribution in [0.25, 0.3) is 11.0 Å². The third-order valence-electron chi connectivity index (χ3n) is 7.04. The number of hydrogen-bond donors (Lipinski definition) is 3.